The van der Waals surface area contributed by atoms with E-state index in [1.165, 1.54) is 29.5 Å². The number of carbonyl (C=O) groups excluding carboxylic acids is 2. The van der Waals surface area contributed by atoms with Crippen molar-refractivity contribution >= 4 is 57.3 Å². The van der Waals surface area contributed by atoms with Gasteiger partial charge in [0.05, 0.1) is 22.9 Å². The topological polar surface area (TPSA) is 145 Å². The number of amides is 2. The van der Waals surface area contributed by atoms with Gasteiger partial charge in [-0.1, -0.05) is 35.5 Å². The Morgan fingerprint density at radius 2 is 2.06 bits per heavy atom. The van der Waals surface area contributed by atoms with E-state index in [9.17, 15) is 19.7 Å². The summed E-state index contributed by atoms with van der Waals surface area (Å²) in [5.74, 6) is -0.324. The number of thioether (sulfide) groups is 1. The summed E-state index contributed by atoms with van der Waals surface area (Å²) in [6.07, 6.45) is 1.60. The normalized spacial score (nSPS) is 10.7. The molecule has 4 rings (SSSR count). The minimum atomic E-state index is -0.532. The molecule has 0 radical (unpaired) electrons. The van der Waals surface area contributed by atoms with Crippen molar-refractivity contribution < 1.29 is 14.5 Å². The highest BCUT2D eigenvalue weighted by atomic mass is 35.5. The Morgan fingerprint density at radius 3 is 2.78 bits per heavy atom. The lowest BCUT2D eigenvalue weighted by Crippen LogP contribution is -2.25. The quantitative estimate of drug-likeness (QED) is 0.181. The fourth-order valence-electron chi connectivity index (χ4n) is 3.16. The molecular weight excluding hydrogens is 526 g/mol. The minimum absolute atomic E-state index is 0.0219. The number of thiazole rings is 1. The number of nitro groups is 1. The van der Waals surface area contributed by atoms with E-state index in [1.807, 2.05) is 0 Å². The van der Waals surface area contributed by atoms with Crippen molar-refractivity contribution in [2.24, 2.45) is 0 Å². The van der Waals surface area contributed by atoms with Crippen molar-refractivity contribution in [3.63, 3.8) is 0 Å². The van der Waals surface area contributed by atoms with Crippen molar-refractivity contribution in [2.75, 3.05) is 11.1 Å². The van der Waals surface area contributed by atoms with Gasteiger partial charge in [0.1, 0.15) is 0 Å². The Balaban J connectivity index is 1.53. The molecule has 11 nitrogen and oxygen atoms in total. The first-order chi connectivity index (χ1) is 17.3. The predicted octanol–water partition coefficient (Wildman–Crippen LogP) is 4.25. The molecule has 14 heteroatoms. The van der Waals surface area contributed by atoms with Gasteiger partial charge >= 0.3 is 0 Å². The Hall–Kier alpha value is -3.81. The first-order valence-corrected chi connectivity index (χ1v) is 12.6. The van der Waals surface area contributed by atoms with E-state index in [0.717, 1.165) is 11.8 Å². The molecule has 2 aromatic heterocycles. The molecule has 0 aliphatic heterocycles. The van der Waals surface area contributed by atoms with Crippen LogP contribution in [0.15, 0.2) is 59.2 Å². The summed E-state index contributed by atoms with van der Waals surface area (Å²) in [7, 11) is 0. The zero-order valence-electron chi connectivity index (χ0n) is 18.7. The molecule has 0 unspecified atom stereocenters. The van der Waals surface area contributed by atoms with Crippen LogP contribution in [0, 0.1) is 17.0 Å². The molecule has 4 aromatic rings. The van der Waals surface area contributed by atoms with E-state index in [0.29, 0.717) is 32.4 Å². The van der Waals surface area contributed by atoms with E-state index >= 15 is 0 Å². The van der Waals surface area contributed by atoms with Gasteiger partial charge in [-0.25, -0.2) is 4.98 Å². The summed E-state index contributed by atoms with van der Waals surface area (Å²) in [6.45, 7) is 1.58. The first kappa shape index (κ1) is 25.3. The summed E-state index contributed by atoms with van der Waals surface area (Å²) in [5.41, 5.74) is 1.11. The highest BCUT2D eigenvalue weighted by Crippen LogP contribution is 2.25. The zero-order chi connectivity index (χ0) is 25.7. The first-order valence-electron chi connectivity index (χ1n) is 10.4. The number of anilines is 1. The van der Waals surface area contributed by atoms with Gasteiger partial charge in [0.25, 0.3) is 11.6 Å². The highest BCUT2D eigenvalue weighted by Gasteiger charge is 2.19. The van der Waals surface area contributed by atoms with Gasteiger partial charge in [-0.3, -0.25) is 24.3 Å². The van der Waals surface area contributed by atoms with Crippen molar-refractivity contribution in [1.29, 1.82) is 0 Å². The molecule has 0 saturated carbocycles. The third-order valence-electron chi connectivity index (χ3n) is 4.85. The number of hydrogen-bond donors (Lipinski definition) is 2. The van der Waals surface area contributed by atoms with E-state index in [1.54, 1.807) is 47.3 Å². The number of aryl methyl sites for hydroxylation is 1. The molecule has 2 N–H and O–H groups in total. The Labute approximate surface area is 218 Å². The van der Waals surface area contributed by atoms with Crippen LogP contribution < -0.4 is 10.6 Å². The second-order valence-electron chi connectivity index (χ2n) is 7.33. The number of rotatable bonds is 9. The average molecular weight is 544 g/mol. The van der Waals surface area contributed by atoms with Crippen LogP contribution in [-0.2, 0) is 11.3 Å². The second-order valence-corrected chi connectivity index (χ2v) is 9.60. The molecule has 36 heavy (non-hydrogen) atoms. The van der Waals surface area contributed by atoms with Crippen LogP contribution in [-0.4, -0.2) is 42.2 Å². The molecule has 0 fully saturated rings. The maximum absolute atomic E-state index is 12.7. The van der Waals surface area contributed by atoms with Gasteiger partial charge in [0, 0.05) is 33.8 Å². The van der Waals surface area contributed by atoms with Crippen LogP contribution in [0.4, 0.5) is 10.8 Å². The number of aromatic nitrogens is 4. The molecule has 2 amide bonds. The molecule has 184 valence electrons. The number of benzene rings is 2. The number of carbonyl (C=O) groups is 2. The maximum atomic E-state index is 12.7. The number of nitrogens with one attached hydrogen (secondary N) is 2. The fourth-order valence-corrected chi connectivity index (χ4v) is 4.66. The predicted molar refractivity (Wildman–Crippen MR) is 137 cm³/mol. The van der Waals surface area contributed by atoms with E-state index in [-0.39, 0.29) is 29.5 Å². The van der Waals surface area contributed by atoms with Gasteiger partial charge < -0.3 is 10.6 Å². The molecule has 0 saturated heterocycles. The van der Waals surface area contributed by atoms with E-state index in [2.05, 4.69) is 25.8 Å². The van der Waals surface area contributed by atoms with E-state index in [4.69, 9.17) is 11.6 Å². The van der Waals surface area contributed by atoms with Crippen LogP contribution in [0.1, 0.15) is 21.7 Å². The van der Waals surface area contributed by atoms with E-state index < -0.39 is 10.8 Å². The standard InChI is InChI=1S/C22H18ClN7O4S2/c1-13-5-6-14(9-17(13)30(33)34)20(32)25-11-18-27-28-22(29(18)16-4-2-3-15(23)10-16)36-12-19(31)26-21-24-7-8-35-21/h2-10H,11-12H2,1H3,(H,25,32)(H,24,26,31). The molecular formula is C22H18ClN7O4S2. The lowest BCUT2D eigenvalue weighted by atomic mass is 10.1. The highest BCUT2D eigenvalue weighted by molar-refractivity contribution is 7.99. The second kappa shape index (κ2) is 11.3. The summed E-state index contributed by atoms with van der Waals surface area (Å²) >= 11 is 8.65. The summed E-state index contributed by atoms with van der Waals surface area (Å²) in [5, 5.41) is 28.2. The van der Waals surface area contributed by atoms with Crippen LogP contribution >= 0.6 is 34.7 Å². The summed E-state index contributed by atoms with van der Waals surface area (Å²) in [4.78, 5) is 39.7. The van der Waals surface area contributed by atoms with Crippen molar-refractivity contribution in [1.82, 2.24) is 25.1 Å². The van der Waals surface area contributed by atoms with Crippen LogP contribution in [0.5, 0.6) is 0 Å². The molecule has 0 bridgehead atoms. The largest absolute Gasteiger partial charge is 0.345 e. The van der Waals surface area contributed by atoms with Gasteiger partial charge in [0.2, 0.25) is 5.91 Å². The van der Waals surface area contributed by atoms with Gasteiger partial charge in [-0.05, 0) is 31.2 Å². The number of hydrogen-bond acceptors (Lipinski definition) is 9. The Bertz CT molecular complexity index is 1430. The zero-order valence-corrected chi connectivity index (χ0v) is 21.1. The number of nitrogens with zero attached hydrogens (tertiary/aromatic N) is 5. The van der Waals surface area contributed by atoms with Crippen LogP contribution in [0.3, 0.4) is 0 Å². The third-order valence-corrected chi connectivity index (χ3v) is 6.71. The number of nitro benzene ring substituents is 1. The average Bonchev–Trinajstić information content (AvgIpc) is 3.51. The SMILES string of the molecule is Cc1ccc(C(=O)NCc2nnc(SCC(=O)Nc3nccs3)n2-c2cccc(Cl)c2)cc1[N+](=O)[O-]. The van der Waals surface area contributed by atoms with Gasteiger partial charge in [-0.2, -0.15) is 0 Å². The van der Waals surface area contributed by atoms with Crippen molar-refractivity contribution in [2.45, 2.75) is 18.6 Å². The lowest BCUT2D eigenvalue weighted by molar-refractivity contribution is -0.385. The molecule has 2 aromatic carbocycles. The van der Waals surface area contributed by atoms with Crippen LogP contribution in [0.25, 0.3) is 5.69 Å². The lowest BCUT2D eigenvalue weighted by Gasteiger charge is -2.11. The molecule has 2 heterocycles. The Morgan fingerprint density at radius 1 is 1.22 bits per heavy atom. The van der Waals surface area contributed by atoms with Gasteiger partial charge in [0.15, 0.2) is 16.1 Å². The molecule has 0 atom stereocenters. The molecule has 0 aliphatic rings. The number of halogens is 1. The summed E-state index contributed by atoms with van der Waals surface area (Å²) < 4.78 is 1.69. The molecule has 0 aliphatic carbocycles. The smallest absolute Gasteiger partial charge is 0.273 e. The van der Waals surface area contributed by atoms with Gasteiger partial charge in [-0.15, -0.1) is 21.5 Å². The minimum Gasteiger partial charge on any atom is -0.345 e. The Kier molecular flexibility index (Phi) is 7.93. The van der Waals surface area contributed by atoms with Crippen LogP contribution in [0.2, 0.25) is 5.02 Å². The summed E-state index contributed by atoms with van der Waals surface area (Å²) in [6, 6.07) is 11.2. The molecule has 0 spiro atoms. The fraction of sp³-hybridized carbons (Fsp3) is 0.136. The maximum Gasteiger partial charge on any atom is 0.273 e. The third kappa shape index (κ3) is 6.05. The monoisotopic (exact) mass is 543 g/mol. The van der Waals surface area contributed by atoms with Crippen molar-refractivity contribution in [3.8, 4) is 5.69 Å². The van der Waals surface area contributed by atoms with Crippen molar-refractivity contribution in [3.05, 3.63) is 86.1 Å².